The predicted molar refractivity (Wildman–Crippen MR) is 118 cm³/mol. The first-order valence-electron chi connectivity index (χ1n) is 10.1. The van der Waals surface area contributed by atoms with Gasteiger partial charge in [-0.2, -0.15) is 10.4 Å². The molecule has 1 heterocycles. The van der Waals surface area contributed by atoms with E-state index in [-0.39, 0.29) is 16.0 Å². The Morgan fingerprint density at radius 2 is 2.12 bits per heavy atom. The largest absolute Gasteiger partial charge is 0.465 e. The van der Waals surface area contributed by atoms with Gasteiger partial charge in [0.05, 0.1) is 39.2 Å². The molecule has 2 aromatic rings. The van der Waals surface area contributed by atoms with Crippen LogP contribution in [0.25, 0.3) is 5.69 Å². The van der Waals surface area contributed by atoms with Crippen LogP contribution in [0.4, 0.5) is 4.79 Å². The Balaban J connectivity index is 0.000000269. The Bertz CT molecular complexity index is 1140. The molecule has 4 rings (SSSR count). The molecule has 0 radical (unpaired) electrons. The number of carboxylic acid groups (broad SMARTS) is 1. The number of benzene rings is 1. The van der Waals surface area contributed by atoms with Crippen molar-refractivity contribution in [2.24, 2.45) is 0 Å². The summed E-state index contributed by atoms with van der Waals surface area (Å²) in [7, 11) is -1.83. The van der Waals surface area contributed by atoms with Crippen LogP contribution in [-0.2, 0) is 14.6 Å². The highest BCUT2D eigenvalue weighted by Gasteiger charge is 2.44. The molecular weight excluding hydrogens is 456 g/mol. The van der Waals surface area contributed by atoms with Crippen molar-refractivity contribution in [2.45, 2.75) is 60.8 Å². The van der Waals surface area contributed by atoms with Crippen molar-refractivity contribution in [1.82, 2.24) is 15.1 Å². The second kappa shape index (κ2) is 9.48. The highest BCUT2D eigenvalue weighted by atomic mass is 35.5. The second-order valence-corrected chi connectivity index (χ2v) is 10.6. The zero-order valence-corrected chi connectivity index (χ0v) is 19.4. The molecule has 1 amide bonds. The fourth-order valence-electron chi connectivity index (χ4n) is 3.59. The van der Waals surface area contributed by atoms with E-state index in [2.05, 4.69) is 10.4 Å². The van der Waals surface area contributed by atoms with Gasteiger partial charge in [-0.1, -0.05) is 11.6 Å². The Labute approximate surface area is 191 Å². The average Bonchev–Trinajstić information content (AvgIpc) is 3.14. The molecule has 2 aliphatic rings. The van der Waals surface area contributed by atoms with E-state index in [1.807, 2.05) is 19.2 Å². The summed E-state index contributed by atoms with van der Waals surface area (Å²) in [5.41, 5.74) is 1.03. The van der Waals surface area contributed by atoms with E-state index in [4.69, 9.17) is 26.7 Å². The number of hydrogen-bond acceptors (Lipinski definition) is 6. The summed E-state index contributed by atoms with van der Waals surface area (Å²) in [4.78, 5) is 10.1. The van der Waals surface area contributed by atoms with Crippen molar-refractivity contribution in [3.63, 3.8) is 0 Å². The first-order valence-corrected chi connectivity index (χ1v) is 12.0. The van der Waals surface area contributed by atoms with Gasteiger partial charge in [0.2, 0.25) is 0 Å². The molecule has 0 bridgehead atoms. The number of methoxy groups -OCH3 is 1. The highest BCUT2D eigenvalue weighted by Crippen LogP contribution is 2.35. The van der Waals surface area contributed by atoms with Crippen LogP contribution in [0.5, 0.6) is 0 Å². The molecule has 2 N–H and O–H groups in total. The molecule has 2 fully saturated rings. The number of aryl methyl sites for hydroxylation is 1. The van der Waals surface area contributed by atoms with E-state index in [0.717, 1.165) is 17.7 Å². The first-order chi connectivity index (χ1) is 15.1. The lowest BCUT2D eigenvalue weighted by molar-refractivity contribution is 0.109. The maximum absolute atomic E-state index is 12.8. The molecule has 0 unspecified atom stereocenters. The van der Waals surface area contributed by atoms with Crippen LogP contribution >= 0.6 is 11.6 Å². The van der Waals surface area contributed by atoms with E-state index in [9.17, 15) is 13.2 Å². The molecule has 0 spiro atoms. The maximum atomic E-state index is 12.8. The zero-order valence-electron chi connectivity index (χ0n) is 17.8. The molecule has 1 aromatic heterocycles. The maximum Gasteiger partial charge on any atom is 0.405 e. The third-order valence-corrected chi connectivity index (χ3v) is 8.32. The lowest BCUT2D eigenvalue weighted by atomic mass is 10.3. The number of sulfone groups is 1. The molecule has 2 atom stereocenters. The van der Waals surface area contributed by atoms with Gasteiger partial charge in [0.1, 0.15) is 5.54 Å². The molecule has 32 heavy (non-hydrogen) atoms. The molecule has 0 saturated heterocycles. The molecule has 1 aromatic carbocycles. The number of nitrogens with one attached hydrogen (secondary N) is 1. The lowest BCUT2D eigenvalue weighted by Crippen LogP contribution is -2.33. The third-order valence-electron chi connectivity index (χ3n) is 5.62. The summed E-state index contributed by atoms with van der Waals surface area (Å²) in [6, 6.07) is 6.84. The minimum atomic E-state index is -3.45. The Morgan fingerprint density at radius 3 is 2.56 bits per heavy atom. The summed E-state index contributed by atoms with van der Waals surface area (Å²) in [6.07, 6.45) is 5.69. The summed E-state index contributed by atoms with van der Waals surface area (Å²) >= 11 is 6.27. The second-order valence-electron chi connectivity index (χ2n) is 8.04. The van der Waals surface area contributed by atoms with Crippen molar-refractivity contribution in [1.29, 1.82) is 5.26 Å². The number of carbonyl (C=O) groups is 1. The van der Waals surface area contributed by atoms with Crippen molar-refractivity contribution < 1.29 is 23.1 Å². The molecule has 2 saturated carbocycles. The topological polar surface area (TPSA) is 134 Å². The number of nitrogens with zero attached hydrogens (tertiary/aromatic N) is 3. The summed E-state index contributed by atoms with van der Waals surface area (Å²) in [5, 5.41) is 22.6. The SMILES string of the molecule is CO[C@@H]1CC[C@@H](S(=O)(=O)c2ccc(-n3cc(C)cn3)cc2Cl)C1.N#CC1(NC(=O)O)CC1. The fourth-order valence-corrected chi connectivity index (χ4v) is 5.95. The highest BCUT2D eigenvalue weighted by molar-refractivity contribution is 7.92. The van der Waals surface area contributed by atoms with Crippen LogP contribution in [0.3, 0.4) is 0 Å². The minimum absolute atomic E-state index is 0.0138. The van der Waals surface area contributed by atoms with Gasteiger partial charge in [0, 0.05) is 13.3 Å². The zero-order chi connectivity index (χ0) is 23.5. The molecule has 172 valence electrons. The quantitative estimate of drug-likeness (QED) is 0.668. The normalized spacial score (nSPS) is 21.2. The number of amides is 1. The Morgan fingerprint density at radius 1 is 1.41 bits per heavy atom. The lowest BCUT2D eigenvalue weighted by Gasteiger charge is -2.14. The molecule has 2 aliphatic carbocycles. The Kier molecular flexibility index (Phi) is 7.12. The number of hydrogen-bond donors (Lipinski definition) is 2. The number of rotatable bonds is 5. The van der Waals surface area contributed by atoms with Gasteiger partial charge in [-0.3, -0.25) is 0 Å². The van der Waals surface area contributed by atoms with Crippen molar-refractivity contribution in [3.05, 3.63) is 41.2 Å². The van der Waals surface area contributed by atoms with Crippen LogP contribution in [-0.4, -0.2) is 53.4 Å². The number of halogens is 1. The fraction of sp³-hybridized carbons (Fsp3) is 0.476. The van der Waals surface area contributed by atoms with Gasteiger partial charge >= 0.3 is 6.09 Å². The van der Waals surface area contributed by atoms with Crippen LogP contribution in [0.15, 0.2) is 35.5 Å². The molecule has 11 heteroatoms. The number of nitriles is 1. The van der Waals surface area contributed by atoms with E-state index in [1.54, 1.807) is 36.2 Å². The standard InChI is InChI=1S/C16H19ClN2O3S.C5H6N2O2/c1-11-9-18-19(10-11)12-3-6-16(15(17)7-12)23(20,21)14-5-4-13(8-14)22-2;6-3-5(1-2-5)7-4(8)9/h3,6-7,9-10,13-14H,4-5,8H2,1-2H3;7H,1-2H2,(H,8,9)/t13-,14-;/m1./s1. The smallest absolute Gasteiger partial charge is 0.405 e. The van der Waals surface area contributed by atoms with Gasteiger partial charge in [0.25, 0.3) is 0 Å². The molecule has 9 nitrogen and oxygen atoms in total. The molecule has 0 aliphatic heterocycles. The van der Waals surface area contributed by atoms with Crippen molar-refractivity contribution in [2.75, 3.05) is 7.11 Å². The minimum Gasteiger partial charge on any atom is -0.465 e. The Hall–Kier alpha value is -2.61. The summed E-state index contributed by atoms with van der Waals surface area (Å²) in [6.45, 7) is 1.94. The van der Waals surface area contributed by atoms with E-state index in [1.165, 1.54) is 0 Å². The van der Waals surface area contributed by atoms with E-state index < -0.39 is 26.7 Å². The predicted octanol–water partition coefficient (Wildman–Crippen LogP) is 3.49. The number of ether oxygens (including phenoxy) is 1. The van der Waals surface area contributed by atoms with Gasteiger partial charge < -0.3 is 15.2 Å². The van der Waals surface area contributed by atoms with E-state index in [0.29, 0.717) is 25.7 Å². The average molecular weight is 481 g/mol. The number of aromatic nitrogens is 2. The van der Waals surface area contributed by atoms with Crippen LogP contribution < -0.4 is 5.32 Å². The van der Waals surface area contributed by atoms with Crippen LogP contribution in [0, 0.1) is 18.3 Å². The van der Waals surface area contributed by atoms with Gasteiger partial charge in [-0.25, -0.2) is 17.9 Å². The van der Waals surface area contributed by atoms with Crippen LogP contribution in [0.2, 0.25) is 5.02 Å². The first kappa shape index (κ1) is 24.0. The summed E-state index contributed by atoms with van der Waals surface area (Å²) in [5.74, 6) is 0. The molecular formula is C21H25ClN4O5S. The van der Waals surface area contributed by atoms with Crippen LogP contribution in [0.1, 0.15) is 37.7 Å². The third kappa shape index (κ3) is 5.41. The van der Waals surface area contributed by atoms with E-state index >= 15 is 0 Å². The van der Waals surface area contributed by atoms with Gasteiger partial charge in [-0.05, 0) is 62.8 Å². The monoisotopic (exact) mass is 480 g/mol. The van der Waals surface area contributed by atoms with Gasteiger partial charge in [0.15, 0.2) is 9.84 Å². The van der Waals surface area contributed by atoms with Crippen molar-refractivity contribution >= 4 is 27.5 Å². The van der Waals surface area contributed by atoms with Crippen molar-refractivity contribution in [3.8, 4) is 11.8 Å². The van der Waals surface area contributed by atoms with Gasteiger partial charge in [-0.15, -0.1) is 0 Å². The summed E-state index contributed by atoms with van der Waals surface area (Å²) < 4.78 is 32.6.